The maximum absolute atomic E-state index is 12.9. The van der Waals surface area contributed by atoms with E-state index in [1.807, 2.05) is 13.8 Å². The Bertz CT molecular complexity index is 320. The topological polar surface area (TPSA) is 58.3 Å². The lowest BCUT2D eigenvalue weighted by Gasteiger charge is -2.19. The number of hydrogen-bond donors (Lipinski definition) is 3. The van der Waals surface area contributed by atoms with Gasteiger partial charge in [0.2, 0.25) is 0 Å². The summed E-state index contributed by atoms with van der Waals surface area (Å²) < 4.78 is 12.9. The molecule has 78 valence electrons. The zero-order chi connectivity index (χ0) is 10.8. The summed E-state index contributed by atoms with van der Waals surface area (Å²) in [6.45, 7) is 4.28. The second kappa shape index (κ2) is 3.84. The van der Waals surface area contributed by atoms with E-state index in [0.29, 0.717) is 12.2 Å². The lowest BCUT2D eigenvalue weighted by atomic mass is 10.1. The van der Waals surface area contributed by atoms with Crippen LogP contribution in [-0.2, 0) is 0 Å². The molecule has 0 atom stereocenters. The second-order valence-corrected chi connectivity index (χ2v) is 4.01. The lowest BCUT2D eigenvalue weighted by Crippen LogP contribution is -2.39. The molecule has 0 aliphatic rings. The summed E-state index contributed by atoms with van der Waals surface area (Å²) in [6, 6.07) is 4.15. The molecule has 1 rings (SSSR count). The van der Waals surface area contributed by atoms with E-state index in [0.717, 1.165) is 0 Å². The van der Waals surface area contributed by atoms with Gasteiger partial charge in [0.05, 0.1) is 0 Å². The smallest absolute Gasteiger partial charge is 0.166 e. The van der Waals surface area contributed by atoms with Gasteiger partial charge in [0.1, 0.15) is 0 Å². The Morgan fingerprint density at radius 2 is 2.14 bits per heavy atom. The van der Waals surface area contributed by atoms with Crippen molar-refractivity contribution < 1.29 is 9.50 Å². The van der Waals surface area contributed by atoms with Crippen LogP contribution in [0.3, 0.4) is 0 Å². The zero-order valence-electron chi connectivity index (χ0n) is 8.34. The summed E-state index contributed by atoms with van der Waals surface area (Å²) in [5.41, 5.74) is 6.00. The van der Waals surface area contributed by atoms with E-state index in [1.54, 1.807) is 6.07 Å². The first-order valence-corrected chi connectivity index (χ1v) is 4.40. The molecule has 0 heterocycles. The highest BCUT2D eigenvalue weighted by Gasteiger charge is 2.10. The lowest BCUT2D eigenvalue weighted by molar-refractivity contribution is 0.432. The van der Waals surface area contributed by atoms with Crippen molar-refractivity contribution in [3.8, 4) is 5.75 Å². The van der Waals surface area contributed by atoms with Crippen LogP contribution in [0.25, 0.3) is 0 Å². The van der Waals surface area contributed by atoms with Crippen LogP contribution in [0.5, 0.6) is 5.75 Å². The highest BCUT2D eigenvalue weighted by Crippen LogP contribution is 2.19. The minimum atomic E-state index is -0.634. The molecule has 0 saturated heterocycles. The molecule has 0 aliphatic carbocycles. The zero-order valence-corrected chi connectivity index (χ0v) is 8.34. The van der Waals surface area contributed by atoms with E-state index in [4.69, 9.17) is 10.8 Å². The number of anilines is 1. The number of hydrogen-bond acceptors (Lipinski definition) is 3. The average Bonchev–Trinajstić information content (AvgIpc) is 2.06. The molecule has 0 amide bonds. The Labute approximate surface area is 82.7 Å². The molecule has 4 N–H and O–H groups in total. The normalized spacial score (nSPS) is 11.4. The van der Waals surface area contributed by atoms with E-state index in [2.05, 4.69) is 5.32 Å². The molecule has 0 unspecified atom stereocenters. The molecule has 0 aromatic heterocycles. The Kier molecular flexibility index (Phi) is 2.96. The third kappa shape index (κ3) is 3.22. The highest BCUT2D eigenvalue weighted by atomic mass is 19.1. The molecule has 0 radical (unpaired) electrons. The second-order valence-electron chi connectivity index (χ2n) is 4.01. The predicted octanol–water partition coefficient (Wildman–Crippen LogP) is 1.68. The fourth-order valence-electron chi connectivity index (χ4n) is 0.947. The molecule has 0 fully saturated rings. The molecule has 0 spiro atoms. The van der Waals surface area contributed by atoms with Crippen molar-refractivity contribution >= 4 is 5.69 Å². The third-order valence-corrected chi connectivity index (χ3v) is 1.70. The van der Waals surface area contributed by atoms with Crippen molar-refractivity contribution in [3.05, 3.63) is 24.0 Å². The van der Waals surface area contributed by atoms with E-state index >= 15 is 0 Å². The molecule has 0 saturated carbocycles. The Balaban J connectivity index is 2.65. The molecule has 0 aliphatic heterocycles. The first kappa shape index (κ1) is 10.8. The van der Waals surface area contributed by atoms with Gasteiger partial charge in [-0.3, -0.25) is 0 Å². The fourth-order valence-corrected chi connectivity index (χ4v) is 0.947. The summed E-state index contributed by atoms with van der Waals surface area (Å²) in [7, 11) is 0. The first-order chi connectivity index (χ1) is 6.38. The van der Waals surface area contributed by atoms with Crippen LogP contribution in [0.4, 0.5) is 10.1 Å². The fraction of sp³-hybridized carbons (Fsp3) is 0.400. The van der Waals surface area contributed by atoms with Crippen molar-refractivity contribution in [3.63, 3.8) is 0 Å². The summed E-state index contributed by atoms with van der Waals surface area (Å²) >= 11 is 0. The molecular weight excluding hydrogens is 183 g/mol. The van der Waals surface area contributed by atoms with Crippen molar-refractivity contribution in [1.82, 2.24) is 0 Å². The standard InChI is InChI=1S/C10H15FN2O/c1-10(2,12)6-13-7-3-4-9(14)8(11)5-7/h3-5,13-14H,6,12H2,1-2H3. The number of nitrogens with one attached hydrogen (secondary N) is 1. The first-order valence-electron chi connectivity index (χ1n) is 4.40. The molecule has 1 aromatic carbocycles. The number of phenols is 1. The number of phenolic OH excluding ortho intramolecular Hbond substituents is 1. The van der Waals surface area contributed by atoms with Crippen LogP contribution in [0.1, 0.15) is 13.8 Å². The largest absolute Gasteiger partial charge is 0.505 e. The molecule has 14 heavy (non-hydrogen) atoms. The molecule has 1 aromatic rings. The summed E-state index contributed by atoms with van der Waals surface area (Å²) in [5, 5.41) is 11.9. The van der Waals surface area contributed by atoms with E-state index in [1.165, 1.54) is 12.1 Å². The number of aromatic hydroxyl groups is 1. The molecule has 0 bridgehead atoms. The van der Waals surface area contributed by atoms with E-state index in [-0.39, 0.29) is 11.3 Å². The Morgan fingerprint density at radius 1 is 1.50 bits per heavy atom. The van der Waals surface area contributed by atoms with Gasteiger partial charge in [0, 0.05) is 23.8 Å². The van der Waals surface area contributed by atoms with Gasteiger partial charge in [-0.05, 0) is 26.0 Å². The number of rotatable bonds is 3. The monoisotopic (exact) mass is 198 g/mol. The minimum absolute atomic E-state index is 0.345. The summed E-state index contributed by atoms with van der Waals surface area (Å²) in [5.74, 6) is -0.979. The summed E-state index contributed by atoms with van der Waals surface area (Å²) in [6.07, 6.45) is 0. The maximum Gasteiger partial charge on any atom is 0.166 e. The quantitative estimate of drug-likeness (QED) is 0.648. The molecule has 4 heteroatoms. The van der Waals surface area contributed by atoms with Crippen LogP contribution >= 0.6 is 0 Å². The van der Waals surface area contributed by atoms with Crippen molar-refractivity contribution in [1.29, 1.82) is 0 Å². The van der Waals surface area contributed by atoms with Crippen molar-refractivity contribution in [2.75, 3.05) is 11.9 Å². The van der Waals surface area contributed by atoms with Crippen LogP contribution in [-0.4, -0.2) is 17.2 Å². The number of nitrogens with two attached hydrogens (primary N) is 1. The van der Waals surface area contributed by atoms with Gasteiger partial charge in [-0.25, -0.2) is 4.39 Å². The van der Waals surface area contributed by atoms with E-state index in [9.17, 15) is 4.39 Å². The van der Waals surface area contributed by atoms with E-state index < -0.39 is 5.82 Å². The molecule has 3 nitrogen and oxygen atoms in total. The van der Waals surface area contributed by atoms with Gasteiger partial charge in [-0.1, -0.05) is 0 Å². The van der Waals surface area contributed by atoms with Crippen molar-refractivity contribution in [2.45, 2.75) is 19.4 Å². The average molecular weight is 198 g/mol. The number of benzene rings is 1. The highest BCUT2D eigenvalue weighted by molar-refractivity contribution is 5.47. The van der Waals surface area contributed by atoms with Crippen LogP contribution in [0.15, 0.2) is 18.2 Å². The van der Waals surface area contributed by atoms with Crippen LogP contribution < -0.4 is 11.1 Å². The van der Waals surface area contributed by atoms with Crippen LogP contribution in [0.2, 0.25) is 0 Å². The summed E-state index contributed by atoms with van der Waals surface area (Å²) in [4.78, 5) is 0. The van der Waals surface area contributed by atoms with Crippen molar-refractivity contribution in [2.24, 2.45) is 5.73 Å². The maximum atomic E-state index is 12.9. The Morgan fingerprint density at radius 3 is 2.64 bits per heavy atom. The van der Waals surface area contributed by atoms with Gasteiger partial charge in [-0.15, -0.1) is 0 Å². The molecular formula is C10H15FN2O. The Hall–Kier alpha value is -1.29. The van der Waals surface area contributed by atoms with Gasteiger partial charge in [-0.2, -0.15) is 0 Å². The van der Waals surface area contributed by atoms with Gasteiger partial charge in [0.25, 0.3) is 0 Å². The van der Waals surface area contributed by atoms with Gasteiger partial charge in [0.15, 0.2) is 11.6 Å². The van der Waals surface area contributed by atoms with Gasteiger partial charge >= 0.3 is 0 Å². The third-order valence-electron chi connectivity index (χ3n) is 1.70. The SMILES string of the molecule is CC(C)(N)CNc1ccc(O)c(F)c1. The van der Waals surface area contributed by atoms with Crippen LogP contribution in [0, 0.1) is 5.82 Å². The predicted molar refractivity (Wildman–Crippen MR) is 54.8 cm³/mol. The minimum Gasteiger partial charge on any atom is -0.505 e. The van der Waals surface area contributed by atoms with Gasteiger partial charge < -0.3 is 16.2 Å². The number of halogens is 1.